The Morgan fingerprint density at radius 2 is 2.12 bits per heavy atom. The first kappa shape index (κ1) is 11.7. The third-order valence-electron chi connectivity index (χ3n) is 3.01. The summed E-state index contributed by atoms with van der Waals surface area (Å²) in [6.07, 6.45) is 7.85. The summed E-state index contributed by atoms with van der Waals surface area (Å²) < 4.78 is 2.01. The van der Waals surface area contributed by atoms with Gasteiger partial charge in [0.25, 0.3) is 0 Å². The van der Waals surface area contributed by atoms with E-state index in [2.05, 4.69) is 48.4 Å². The number of nitrogens with one attached hydrogen (secondary N) is 1. The van der Waals surface area contributed by atoms with Crippen molar-refractivity contribution in [1.29, 1.82) is 0 Å². The van der Waals surface area contributed by atoms with Gasteiger partial charge in [-0.15, -0.1) is 0 Å². The van der Waals surface area contributed by atoms with Gasteiger partial charge in [-0.3, -0.25) is 0 Å². The number of hydrogen-bond donors (Lipinski definition) is 1. The molecule has 0 bridgehead atoms. The van der Waals surface area contributed by atoms with E-state index >= 15 is 0 Å². The van der Waals surface area contributed by atoms with Crippen LogP contribution in [0, 0.1) is 0 Å². The Balaban J connectivity index is 2.17. The predicted octanol–water partition coefficient (Wildman–Crippen LogP) is 3.47. The van der Waals surface area contributed by atoms with Crippen LogP contribution in [-0.4, -0.2) is 15.6 Å². The van der Waals surface area contributed by atoms with E-state index < -0.39 is 0 Å². The van der Waals surface area contributed by atoms with E-state index in [1.165, 1.54) is 5.69 Å². The highest BCUT2D eigenvalue weighted by Crippen LogP contribution is 2.16. The van der Waals surface area contributed by atoms with Crippen molar-refractivity contribution >= 4 is 5.69 Å². The number of anilines is 1. The molecule has 0 aliphatic rings. The Hall–Kier alpha value is -1.77. The summed E-state index contributed by atoms with van der Waals surface area (Å²) in [7, 11) is 0. The summed E-state index contributed by atoms with van der Waals surface area (Å²) in [5.74, 6) is 0. The molecule has 0 aliphatic heterocycles. The molecule has 2 aromatic rings. The van der Waals surface area contributed by atoms with Gasteiger partial charge in [0, 0.05) is 29.8 Å². The second-order valence-corrected chi connectivity index (χ2v) is 4.18. The number of aromatic nitrogens is 2. The first-order chi connectivity index (χ1) is 8.33. The van der Waals surface area contributed by atoms with Crippen LogP contribution in [-0.2, 0) is 0 Å². The van der Waals surface area contributed by atoms with Crippen LogP contribution < -0.4 is 5.32 Å². The fourth-order valence-corrected chi connectivity index (χ4v) is 1.90. The summed E-state index contributed by atoms with van der Waals surface area (Å²) in [6.45, 7) is 4.42. The fourth-order valence-electron chi connectivity index (χ4n) is 1.90. The van der Waals surface area contributed by atoms with Crippen LogP contribution in [0.1, 0.15) is 26.7 Å². The maximum absolute atomic E-state index is 4.06. The van der Waals surface area contributed by atoms with Crippen molar-refractivity contribution in [1.82, 2.24) is 9.55 Å². The molecule has 1 N–H and O–H groups in total. The maximum Gasteiger partial charge on any atom is 0.0991 e. The summed E-state index contributed by atoms with van der Waals surface area (Å²) in [5.41, 5.74) is 2.31. The van der Waals surface area contributed by atoms with Gasteiger partial charge in [-0.05, 0) is 31.0 Å². The third-order valence-corrected chi connectivity index (χ3v) is 3.01. The molecule has 0 atom stereocenters. The molecule has 3 nitrogen and oxygen atoms in total. The molecule has 3 heteroatoms. The van der Waals surface area contributed by atoms with Gasteiger partial charge in [-0.25, -0.2) is 4.98 Å². The SMILES string of the molecule is CCC(CC)Nc1cccc(-n2ccnc2)c1. The van der Waals surface area contributed by atoms with Gasteiger partial charge >= 0.3 is 0 Å². The molecule has 0 radical (unpaired) electrons. The lowest BCUT2D eigenvalue weighted by atomic mass is 10.1. The summed E-state index contributed by atoms with van der Waals surface area (Å²) in [5, 5.41) is 3.55. The highest BCUT2D eigenvalue weighted by atomic mass is 15.0. The van der Waals surface area contributed by atoms with E-state index in [-0.39, 0.29) is 0 Å². The Morgan fingerprint density at radius 1 is 1.29 bits per heavy atom. The topological polar surface area (TPSA) is 29.9 Å². The smallest absolute Gasteiger partial charge is 0.0991 e. The molecule has 1 aromatic carbocycles. The van der Waals surface area contributed by atoms with Crippen LogP contribution in [0.2, 0.25) is 0 Å². The first-order valence-corrected chi connectivity index (χ1v) is 6.18. The van der Waals surface area contributed by atoms with Crippen molar-refractivity contribution in [3.05, 3.63) is 43.0 Å². The highest BCUT2D eigenvalue weighted by molar-refractivity contribution is 5.51. The van der Waals surface area contributed by atoms with E-state index in [0.717, 1.165) is 18.5 Å². The van der Waals surface area contributed by atoms with Crippen molar-refractivity contribution in [3.63, 3.8) is 0 Å². The molecule has 0 spiro atoms. The molecule has 0 amide bonds. The van der Waals surface area contributed by atoms with Crippen LogP contribution in [0.5, 0.6) is 0 Å². The van der Waals surface area contributed by atoms with Crippen LogP contribution in [0.15, 0.2) is 43.0 Å². The molecular formula is C14H19N3. The second kappa shape index (κ2) is 5.53. The minimum Gasteiger partial charge on any atom is -0.382 e. The lowest BCUT2D eigenvalue weighted by molar-refractivity contribution is 0.672. The highest BCUT2D eigenvalue weighted by Gasteiger charge is 2.03. The van der Waals surface area contributed by atoms with Gasteiger partial charge in [-0.2, -0.15) is 0 Å². The molecule has 1 heterocycles. The predicted molar refractivity (Wildman–Crippen MR) is 71.6 cm³/mol. The molecule has 1 aromatic heterocycles. The molecule has 0 saturated heterocycles. The average molecular weight is 229 g/mol. The number of hydrogen-bond acceptors (Lipinski definition) is 2. The Morgan fingerprint density at radius 3 is 2.76 bits per heavy atom. The van der Waals surface area contributed by atoms with Gasteiger partial charge < -0.3 is 9.88 Å². The van der Waals surface area contributed by atoms with Crippen LogP contribution >= 0.6 is 0 Å². The average Bonchev–Trinajstić information content (AvgIpc) is 2.90. The molecule has 0 fully saturated rings. The van der Waals surface area contributed by atoms with Gasteiger partial charge in [0.2, 0.25) is 0 Å². The minimum absolute atomic E-state index is 0.549. The zero-order valence-corrected chi connectivity index (χ0v) is 10.4. The van der Waals surface area contributed by atoms with E-state index in [9.17, 15) is 0 Å². The van der Waals surface area contributed by atoms with E-state index in [0.29, 0.717) is 6.04 Å². The van der Waals surface area contributed by atoms with Crippen LogP contribution in [0.3, 0.4) is 0 Å². The maximum atomic E-state index is 4.06. The Bertz CT molecular complexity index is 444. The van der Waals surface area contributed by atoms with E-state index in [1.807, 2.05) is 17.1 Å². The molecule has 17 heavy (non-hydrogen) atoms. The quantitative estimate of drug-likeness (QED) is 0.850. The molecule has 0 unspecified atom stereocenters. The molecule has 2 rings (SSSR count). The normalized spacial score (nSPS) is 10.8. The lowest BCUT2D eigenvalue weighted by Crippen LogP contribution is -2.16. The summed E-state index contributed by atoms with van der Waals surface area (Å²) >= 11 is 0. The molecule has 0 aliphatic carbocycles. The number of imidazole rings is 1. The standard InChI is InChI=1S/C14H19N3/c1-3-12(4-2)16-13-6-5-7-14(10-13)17-9-8-15-11-17/h5-12,16H,3-4H2,1-2H3. The first-order valence-electron chi connectivity index (χ1n) is 6.18. The summed E-state index contributed by atoms with van der Waals surface area (Å²) in [4.78, 5) is 4.06. The van der Waals surface area contributed by atoms with Crippen molar-refractivity contribution in [2.75, 3.05) is 5.32 Å². The van der Waals surface area contributed by atoms with E-state index in [4.69, 9.17) is 0 Å². The van der Waals surface area contributed by atoms with Gasteiger partial charge in [0.15, 0.2) is 0 Å². The molecule has 90 valence electrons. The van der Waals surface area contributed by atoms with Gasteiger partial charge in [-0.1, -0.05) is 19.9 Å². The van der Waals surface area contributed by atoms with Crippen LogP contribution in [0.4, 0.5) is 5.69 Å². The summed E-state index contributed by atoms with van der Waals surface area (Å²) in [6, 6.07) is 8.96. The van der Waals surface area contributed by atoms with Crippen molar-refractivity contribution in [2.45, 2.75) is 32.7 Å². The van der Waals surface area contributed by atoms with E-state index in [1.54, 1.807) is 6.20 Å². The Kier molecular flexibility index (Phi) is 3.81. The minimum atomic E-state index is 0.549. The third kappa shape index (κ3) is 2.87. The molecular weight excluding hydrogens is 210 g/mol. The monoisotopic (exact) mass is 229 g/mol. The largest absolute Gasteiger partial charge is 0.382 e. The number of rotatable bonds is 5. The zero-order valence-electron chi connectivity index (χ0n) is 10.4. The lowest BCUT2D eigenvalue weighted by Gasteiger charge is -2.16. The molecule has 0 saturated carbocycles. The van der Waals surface area contributed by atoms with Crippen molar-refractivity contribution in [2.24, 2.45) is 0 Å². The Labute approximate surface area is 103 Å². The van der Waals surface area contributed by atoms with Gasteiger partial charge in [0.05, 0.1) is 6.33 Å². The van der Waals surface area contributed by atoms with Gasteiger partial charge in [0.1, 0.15) is 0 Å². The van der Waals surface area contributed by atoms with Crippen molar-refractivity contribution in [3.8, 4) is 5.69 Å². The van der Waals surface area contributed by atoms with Crippen LogP contribution in [0.25, 0.3) is 5.69 Å². The zero-order chi connectivity index (χ0) is 12.1. The number of nitrogens with zero attached hydrogens (tertiary/aromatic N) is 2. The second-order valence-electron chi connectivity index (χ2n) is 4.18. The van der Waals surface area contributed by atoms with Crippen molar-refractivity contribution < 1.29 is 0 Å². The number of benzene rings is 1. The fraction of sp³-hybridized carbons (Fsp3) is 0.357.